The molecule has 0 bridgehead atoms. The van der Waals surface area contributed by atoms with Gasteiger partial charge in [0.1, 0.15) is 0 Å². The van der Waals surface area contributed by atoms with E-state index in [4.69, 9.17) is 4.74 Å². The molecule has 3 fully saturated rings. The normalized spacial score (nSPS) is 33.3. The Hall–Kier alpha value is -0.730. The Labute approximate surface area is 160 Å². The van der Waals surface area contributed by atoms with Crippen LogP contribution in [0.15, 0.2) is 17.6 Å². The van der Waals surface area contributed by atoms with Gasteiger partial charge in [0.2, 0.25) is 0 Å². The van der Waals surface area contributed by atoms with Crippen LogP contribution >= 0.6 is 11.8 Å². The molecule has 0 unspecified atom stereocenters. The van der Waals surface area contributed by atoms with Crippen LogP contribution in [0.4, 0.5) is 0 Å². The molecule has 4 atom stereocenters. The number of aliphatic hydroxyl groups is 1. The van der Waals surface area contributed by atoms with Crippen LogP contribution in [0.3, 0.4) is 0 Å². The lowest BCUT2D eigenvalue weighted by Crippen LogP contribution is -2.53. The summed E-state index contributed by atoms with van der Waals surface area (Å²) in [5.41, 5.74) is 1.19. The standard InChI is InChI=1S/C19H30N4O2S/c1-2-26-19-20-9-14(10-21-19)11-22-12-15-7-17(18(24)8-16(15)13-22)23-3-5-25-6-4-23/h9-10,15-18,24H,2-8,11-13H2,1H3/t15-,16+,17-,18-/m1/s1. The number of nitrogens with zero attached hydrogens (tertiary/aromatic N) is 4. The fourth-order valence-corrected chi connectivity index (χ4v) is 5.33. The van der Waals surface area contributed by atoms with E-state index in [2.05, 4.69) is 26.7 Å². The van der Waals surface area contributed by atoms with Gasteiger partial charge < -0.3 is 9.84 Å². The number of thioether (sulfide) groups is 1. The van der Waals surface area contributed by atoms with Gasteiger partial charge in [-0.15, -0.1) is 0 Å². The van der Waals surface area contributed by atoms with Crippen LogP contribution < -0.4 is 0 Å². The number of aromatic nitrogens is 2. The highest BCUT2D eigenvalue weighted by Crippen LogP contribution is 2.38. The minimum absolute atomic E-state index is 0.192. The van der Waals surface area contributed by atoms with Crippen LogP contribution in [0.5, 0.6) is 0 Å². The minimum Gasteiger partial charge on any atom is -0.391 e. The topological polar surface area (TPSA) is 61.7 Å². The maximum absolute atomic E-state index is 10.7. The molecule has 2 saturated heterocycles. The number of aliphatic hydroxyl groups excluding tert-OH is 1. The Balaban J connectivity index is 1.33. The minimum atomic E-state index is -0.192. The number of fused-ring (bicyclic) bond motifs is 1. The zero-order valence-electron chi connectivity index (χ0n) is 15.6. The van der Waals surface area contributed by atoms with E-state index in [0.29, 0.717) is 17.9 Å². The molecule has 0 amide bonds. The van der Waals surface area contributed by atoms with Crippen molar-refractivity contribution in [1.82, 2.24) is 19.8 Å². The van der Waals surface area contributed by atoms with Gasteiger partial charge in [0.15, 0.2) is 5.16 Å². The lowest BCUT2D eigenvalue weighted by Gasteiger charge is -2.43. The van der Waals surface area contributed by atoms with E-state index in [1.165, 1.54) is 5.56 Å². The van der Waals surface area contributed by atoms with Crippen LogP contribution in [0, 0.1) is 11.8 Å². The fraction of sp³-hybridized carbons (Fsp3) is 0.789. The van der Waals surface area contributed by atoms with Crippen molar-refractivity contribution in [1.29, 1.82) is 0 Å². The second-order valence-corrected chi connectivity index (χ2v) is 9.01. The first-order chi connectivity index (χ1) is 12.7. The molecular formula is C19H30N4O2S. The van der Waals surface area contributed by atoms with Crippen LogP contribution in [0.25, 0.3) is 0 Å². The molecule has 1 aliphatic carbocycles. The molecule has 0 spiro atoms. The Kier molecular flexibility index (Phi) is 6.10. The smallest absolute Gasteiger partial charge is 0.187 e. The Morgan fingerprint density at radius 2 is 1.85 bits per heavy atom. The fourth-order valence-electron chi connectivity index (χ4n) is 4.82. The molecule has 1 aromatic heterocycles. The molecule has 1 aromatic rings. The highest BCUT2D eigenvalue weighted by atomic mass is 32.2. The Bertz CT molecular complexity index is 581. The molecule has 2 aliphatic heterocycles. The zero-order valence-corrected chi connectivity index (χ0v) is 16.4. The van der Waals surface area contributed by atoms with Crippen molar-refractivity contribution in [3.63, 3.8) is 0 Å². The summed E-state index contributed by atoms with van der Waals surface area (Å²) >= 11 is 1.68. The molecule has 7 heteroatoms. The van der Waals surface area contributed by atoms with Gasteiger partial charge in [-0.3, -0.25) is 9.80 Å². The lowest BCUT2D eigenvalue weighted by molar-refractivity contribution is -0.0520. The summed E-state index contributed by atoms with van der Waals surface area (Å²) in [7, 11) is 0. The van der Waals surface area contributed by atoms with E-state index in [0.717, 1.165) is 69.7 Å². The van der Waals surface area contributed by atoms with Gasteiger partial charge in [-0.1, -0.05) is 18.7 Å². The van der Waals surface area contributed by atoms with Crippen molar-refractivity contribution in [2.24, 2.45) is 11.8 Å². The molecule has 26 heavy (non-hydrogen) atoms. The number of likely N-dealkylation sites (tertiary alicyclic amines) is 1. The van der Waals surface area contributed by atoms with Crippen LogP contribution in [0.1, 0.15) is 25.3 Å². The van der Waals surface area contributed by atoms with Crippen LogP contribution in [-0.4, -0.2) is 82.2 Å². The summed E-state index contributed by atoms with van der Waals surface area (Å²) in [6.07, 6.45) is 5.80. The van der Waals surface area contributed by atoms with Crippen LogP contribution in [0.2, 0.25) is 0 Å². The quantitative estimate of drug-likeness (QED) is 0.615. The number of hydrogen-bond donors (Lipinski definition) is 1. The summed E-state index contributed by atoms with van der Waals surface area (Å²) in [6, 6.07) is 0.314. The van der Waals surface area contributed by atoms with Gasteiger partial charge in [-0.25, -0.2) is 9.97 Å². The van der Waals surface area contributed by atoms with Crippen molar-refractivity contribution in [2.75, 3.05) is 45.1 Å². The number of morpholine rings is 1. The molecule has 6 nitrogen and oxygen atoms in total. The Morgan fingerprint density at radius 3 is 2.54 bits per heavy atom. The molecule has 144 valence electrons. The predicted octanol–water partition coefficient (Wildman–Crippen LogP) is 1.49. The molecule has 1 N–H and O–H groups in total. The van der Waals surface area contributed by atoms with Crippen molar-refractivity contribution in [3.05, 3.63) is 18.0 Å². The zero-order chi connectivity index (χ0) is 17.9. The van der Waals surface area contributed by atoms with Gasteiger partial charge >= 0.3 is 0 Å². The molecule has 3 heterocycles. The third-order valence-electron chi connectivity index (χ3n) is 6.06. The largest absolute Gasteiger partial charge is 0.391 e. The number of hydrogen-bond acceptors (Lipinski definition) is 7. The van der Waals surface area contributed by atoms with E-state index >= 15 is 0 Å². The van der Waals surface area contributed by atoms with Gasteiger partial charge in [-0.05, 0) is 30.4 Å². The second-order valence-electron chi connectivity index (χ2n) is 7.78. The first-order valence-electron chi connectivity index (χ1n) is 9.89. The van der Waals surface area contributed by atoms with Crippen molar-refractivity contribution < 1.29 is 9.84 Å². The third kappa shape index (κ3) is 4.22. The van der Waals surface area contributed by atoms with Crippen LogP contribution in [-0.2, 0) is 11.3 Å². The highest BCUT2D eigenvalue weighted by molar-refractivity contribution is 7.99. The number of ether oxygens (including phenoxy) is 1. The first-order valence-corrected chi connectivity index (χ1v) is 10.9. The summed E-state index contributed by atoms with van der Waals surface area (Å²) < 4.78 is 5.47. The second kappa shape index (κ2) is 8.52. The number of rotatable bonds is 5. The van der Waals surface area contributed by atoms with Crippen molar-refractivity contribution >= 4 is 11.8 Å². The molecule has 0 radical (unpaired) electrons. The first kappa shape index (κ1) is 18.6. The maximum Gasteiger partial charge on any atom is 0.187 e. The van der Waals surface area contributed by atoms with Gasteiger partial charge in [0, 0.05) is 56.7 Å². The highest BCUT2D eigenvalue weighted by Gasteiger charge is 2.43. The molecular weight excluding hydrogens is 348 g/mol. The molecule has 1 saturated carbocycles. The van der Waals surface area contributed by atoms with Crippen molar-refractivity contribution in [2.45, 2.75) is 43.6 Å². The molecule has 3 aliphatic rings. The maximum atomic E-state index is 10.7. The summed E-state index contributed by atoms with van der Waals surface area (Å²) in [5.74, 6) is 2.32. The lowest BCUT2D eigenvalue weighted by atomic mass is 9.77. The van der Waals surface area contributed by atoms with E-state index in [-0.39, 0.29) is 6.10 Å². The average molecular weight is 379 g/mol. The van der Waals surface area contributed by atoms with Gasteiger partial charge in [0.05, 0.1) is 19.3 Å². The third-order valence-corrected chi connectivity index (χ3v) is 6.82. The van der Waals surface area contributed by atoms with E-state index in [1.54, 1.807) is 11.8 Å². The SMILES string of the molecule is CCSc1ncc(CN2C[C@H]3C[C@@H](N4CCOCC4)[C@H](O)C[C@H]3C2)cn1. The van der Waals surface area contributed by atoms with Gasteiger partial charge in [-0.2, -0.15) is 0 Å². The average Bonchev–Trinajstić information content (AvgIpc) is 3.04. The Morgan fingerprint density at radius 1 is 1.15 bits per heavy atom. The van der Waals surface area contributed by atoms with Crippen molar-refractivity contribution in [3.8, 4) is 0 Å². The van der Waals surface area contributed by atoms with E-state index < -0.39 is 0 Å². The molecule has 4 rings (SSSR count). The summed E-state index contributed by atoms with van der Waals surface area (Å²) in [6.45, 7) is 8.78. The predicted molar refractivity (Wildman–Crippen MR) is 102 cm³/mol. The van der Waals surface area contributed by atoms with E-state index in [9.17, 15) is 5.11 Å². The van der Waals surface area contributed by atoms with Gasteiger partial charge in [0.25, 0.3) is 0 Å². The monoisotopic (exact) mass is 378 g/mol. The summed E-state index contributed by atoms with van der Waals surface area (Å²) in [5, 5.41) is 11.6. The molecule has 0 aromatic carbocycles. The summed E-state index contributed by atoms with van der Waals surface area (Å²) in [4.78, 5) is 13.9. The van der Waals surface area contributed by atoms with E-state index in [1.807, 2.05) is 12.4 Å².